The van der Waals surface area contributed by atoms with E-state index < -0.39 is 29.1 Å². The van der Waals surface area contributed by atoms with Crippen LogP contribution in [0.2, 0.25) is 10.0 Å². The van der Waals surface area contributed by atoms with Crippen molar-refractivity contribution in [3.05, 3.63) is 78.1 Å². The molecule has 2 aromatic heterocycles. The lowest BCUT2D eigenvalue weighted by molar-refractivity contribution is 0.0686. The van der Waals surface area contributed by atoms with E-state index >= 15 is 0 Å². The van der Waals surface area contributed by atoms with Crippen LogP contribution in [0.1, 0.15) is 45.3 Å². The number of aromatic nitrogens is 2. The molecular weight excluding hydrogens is 479 g/mol. The molecule has 4 aromatic rings. The fourth-order valence-electron chi connectivity index (χ4n) is 3.22. The smallest absolute Gasteiger partial charge is 0.346 e. The molecule has 1 atom stereocenters. The number of nitrogens with zero attached hydrogens (tertiary/aromatic N) is 2. The number of carbonyl (C=O) groups is 2. The average Bonchev–Trinajstić information content (AvgIpc) is 2.72. The van der Waals surface area contributed by atoms with Crippen molar-refractivity contribution in [2.24, 2.45) is 0 Å². The molecule has 0 radical (unpaired) electrons. The van der Waals surface area contributed by atoms with Gasteiger partial charge in [-0.2, -0.15) is 0 Å². The summed E-state index contributed by atoms with van der Waals surface area (Å²) in [4.78, 5) is 55.7. The second-order valence-corrected chi connectivity index (χ2v) is 7.96. The van der Waals surface area contributed by atoms with Gasteiger partial charge >= 0.3 is 23.2 Å². The van der Waals surface area contributed by atoms with Gasteiger partial charge in [-0.15, -0.1) is 0 Å². The highest BCUT2D eigenvalue weighted by Crippen LogP contribution is 2.25. The monoisotopic (exact) mass is 490 g/mol. The minimum atomic E-state index is -1.30. The maximum Gasteiger partial charge on any atom is 0.346 e. The van der Waals surface area contributed by atoms with Crippen molar-refractivity contribution in [3.63, 3.8) is 0 Å². The van der Waals surface area contributed by atoms with Gasteiger partial charge < -0.3 is 19.0 Å². The Morgan fingerprint density at radius 3 is 1.88 bits per heavy atom. The van der Waals surface area contributed by atoms with E-state index in [0.29, 0.717) is 0 Å². The van der Waals surface area contributed by atoms with E-state index in [0.717, 1.165) is 12.1 Å². The highest BCUT2D eigenvalue weighted by molar-refractivity contribution is 6.34. The maximum absolute atomic E-state index is 12.4. The topological polar surface area (TPSA) is 161 Å². The highest BCUT2D eigenvalue weighted by Gasteiger charge is 2.20. The van der Waals surface area contributed by atoms with Gasteiger partial charge in [-0.25, -0.2) is 29.1 Å². The van der Waals surface area contributed by atoms with Crippen molar-refractivity contribution in [1.82, 2.24) is 9.97 Å². The highest BCUT2D eigenvalue weighted by atomic mass is 35.5. The van der Waals surface area contributed by atoms with Crippen LogP contribution in [0.5, 0.6) is 0 Å². The summed E-state index contributed by atoms with van der Waals surface area (Å²) in [6.07, 6.45) is 0.00582. The number of rotatable bonds is 5. The minimum Gasteiger partial charge on any atom is -0.478 e. The van der Waals surface area contributed by atoms with Gasteiger partial charge in [0.25, 0.3) is 0 Å². The number of benzene rings is 2. The average molecular weight is 491 g/mol. The number of hydrogen-bond donors (Lipinski definition) is 2. The van der Waals surface area contributed by atoms with Crippen LogP contribution < -0.4 is 11.3 Å². The van der Waals surface area contributed by atoms with Gasteiger partial charge in [0.1, 0.15) is 0 Å². The van der Waals surface area contributed by atoms with Crippen molar-refractivity contribution in [3.8, 4) is 0 Å². The van der Waals surface area contributed by atoms with Crippen LogP contribution in [0, 0.1) is 0 Å². The Balaban J connectivity index is 1.72. The Hall–Kier alpha value is -3.76. The van der Waals surface area contributed by atoms with Crippen molar-refractivity contribution < 1.29 is 28.6 Å². The third-order valence-corrected chi connectivity index (χ3v) is 5.48. The third-order valence-electron chi connectivity index (χ3n) is 4.86. The molecule has 0 bridgehead atoms. The first-order valence-corrected chi connectivity index (χ1v) is 10.0. The lowest BCUT2D eigenvalue weighted by Gasteiger charge is -2.10. The quantitative estimate of drug-likeness (QED) is 0.421. The van der Waals surface area contributed by atoms with Crippen molar-refractivity contribution in [2.75, 3.05) is 0 Å². The molecule has 0 aliphatic carbocycles. The molecule has 0 aliphatic rings. The van der Waals surface area contributed by atoms with E-state index in [1.54, 1.807) is 6.92 Å². The van der Waals surface area contributed by atoms with Crippen molar-refractivity contribution >= 4 is 56.9 Å². The summed E-state index contributed by atoms with van der Waals surface area (Å²) < 4.78 is 10.4. The van der Waals surface area contributed by atoms with E-state index in [1.807, 2.05) is 0 Å². The molecular formula is C21H12Cl2N2O8. The summed E-state index contributed by atoms with van der Waals surface area (Å²) in [7, 11) is 0. The second kappa shape index (κ2) is 8.30. The first kappa shape index (κ1) is 22.4. The number of halogens is 2. The zero-order valence-corrected chi connectivity index (χ0v) is 18.1. The predicted octanol–water partition coefficient (Wildman–Crippen LogP) is 3.74. The zero-order chi connectivity index (χ0) is 24.0. The van der Waals surface area contributed by atoms with E-state index in [2.05, 4.69) is 9.97 Å². The van der Waals surface area contributed by atoms with E-state index in [1.165, 1.54) is 12.1 Å². The van der Waals surface area contributed by atoms with Gasteiger partial charge in [-0.3, -0.25) is 0 Å². The predicted molar refractivity (Wildman–Crippen MR) is 117 cm³/mol. The zero-order valence-electron chi connectivity index (χ0n) is 16.6. The van der Waals surface area contributed by atoms with Crippen LogP contribution in [0.15, 0.2) is 42.7 Å². The van der Waals surface area contributed by atoms with Gasteiger partial charge in [-0.1, -0.05) is 30.1 Å². The summed E-state index contributed by atoms with van der Waals surface area (Å²) in [6.45, 7) is 1.65. The molecule has 0 saturated carbocycles. The van der Waals surface area contributed by atoms with Crippen molar-refractivity contribution in [2.45, 2.75) is 19.3 Å². The second-order valence-electron chi connectivity index (χ2n) is 7.15. The summed E-state index contributed by atoms with van der Waals surface area (Å²) in [5.74, 6) is -3.20. The first-order chi connectivity index (χ1) is 15.5. The number of carboxylic acids is 2. The Kier molecular flexibility index (Phi) is 5.64. The molecule has 2 N–H and O–H groups in total. The molecule has 2 heterocycles. The number of hydrogen-bond acceptors (Lipinski definition) is 8. The Morgan fingerprint density at radius 1 is 0.879 bits per heavy atom. The van der Waals surface area contributed by atoms with Gasteiger partial charge in [-0.05, 0) is 24.3 Å². The molecule has 1 unspecified atom stereocenters. The van der Waals surface area contributed by atoms with Gasteiger partial charge in [0.05, 0.1) is 43.0 Å². The number of fused-ring (bicyclic) bond motifs is 2. The minimum absolute atomic E-state index is 0.00422. The largest absolute Gasteiger partial charge is 0.478 e. The lowest BCUT2D eigenvalue weighted by Crippen LogP contribution is -2.13. The van der Waals surface area contributed by atoms with Gasteiger partial charge in [0, 0.05) is 12.3 Å². The SMILES string of the molecule is CC(Cc1nc2cc(Cl)c(C(=O)O)cc2c(=O)o1)c1nc2cc(Cl)c(C(=O)O)cc2c(=O)o1. The Bertz CT molecular complexity index is 1590. The van der Waals surface area contributed by atoms with E-state index in [9.17, 15) is 19.2 Å². The molecule has 0 fully saturated rings. The molecule has 2 aromatic carbocycles. The van der Waals surface area contributed by atoms with Crippen LogP contribution in [0.25, 0.3) is 21.8 Å². The fraction of sp³-hybridized carbons (Fsp3) is 0.143. The van der Waals surface area contributed by atoms with Crippen LogP contribution in [0.4, 0.5) is 0 Å². The molecule has 0 spiro atoms. The number of aromatic carboxylic acids is 2. The van der Waals surface area contributed by atoms with E-state index in [4.69, 9.17) is 42.2 Å². The normalized spacial score (nSPS) is 12.2. The fourth-order valence-corrected chi connectivity index (χ4v) is 3.70. The molecule has 0 amide bonds. The first-order valence-electron chi connectivity index (χ1n) is 9.29. The summed E-state index contributed by atoms with van der Waals surface area (Å²) in [6, 6.07) is 4.68. The summed E-state index contributed by atoms with van der Waals surface area (Å²) in [5.41, 5.74) is -1.84. The molecule has 33 heavy (non-hydrogen) atoms. The van der Waals surface area contributed by atoms with Gasteiger partial charge in [0.2, 0.25) is 5.89 Å². The van der Waals surface area contributed by atoms with Gasteiger partial charge in [0.15, 0.2) is 5.89 Å². The molecule has 168 valence electrons. The Labute approximate surface area is 193 Å². The number of carboxylic acid groups (broad SMARTS) is 2. The van der Waals surface area contributed by atoms with Crippen LogP contribution in [0.3, 0.4) is 0 Å². The summed E-state index contributed by atoms with van der Waals surface area (Å²) in [5, 5.41) is 18.0. The van der Waals surface area contributed by atoms with Crippen molar-refractivity contribution in [1.29, 1.82) is 0 Å². The third kappa shape index (κ3) is 4.18. The lowest BCUT2D eigenvalue weighted by atomic mass is 10.1. The molecule has 10 nitrogen and oxygen atoms in total. The molecule has 0 aliphatic heterocycles. The van der Waals surface area contributed by atoms with Crippen LogP contribution >= 0.6 is 23.2 Å². The Morgan fingerprint density at radius 2 is 1.36 bits per heavy atom. The van der Waals surface area contributed by atoms with Crippen LogP contribution in [-0.4, -0.2) is 32.1 Å². The molecule has 4 rings (SSSR count). The summed E-state index contributed by atoms with van der Waals surface area (Å²) >= 11 is 11.9. The molecule has 0 saturated heterocycles. The standard InChI is InChI=1S/C21H12Cl2N2O8/c1-7(17-25-15-6-13(23)9(19(28)29)4-11(15)21(31)33-17)2-16-24-14-5-12(22)8(18(26)27)3-10(14)20(30)32-16/h3-7H,2H2,1H3,(H,26,27)(H,28,29). The van der Waals surface area contributed by atoms with Crippen LogP contribution in [-0.2, 0) is 6.42 Å². The van der Waals surface area contributed by atoms with E-state index in [-0.39, 0.29) is 61.2 Å². The molecule has 12 heteroatoms. The maximum atomic E-state index is 12.4.